The molecule has 0 radical (unpaired) electrons. The van der Waals surface area contributed by atoms with Gasteiger partial charge in [-0.25, -0.2) is 0 Å². The molecule has 0 aliphatic rings. The van der Waals surface area contributed by atoms with E-state index in [1.54, 1.807) is 7.11 Å². The average molecular weight is 194 g/mol. The van der Waals surface area contributed by atoms with E-state index in [1.807, 2.05) is 45.0 Å². The maximum atomic E-state index is 9.90. The lowest BCUT2D eigenvalue weighted by Crippen LogP contribution is -2.26. The summed E-state index contributed by atoms with van der Waals surface area (Å²) in [5.74, 6) is 0.890. The molecule has 0 aliphatic heterocycles. The highest BCUT2D eigenvalue weighted by Crippen LogP contribution is 2.33. The molecule has 2 heteroatoms. The Morgan fingerprint density at radius 1 is 1.29 bits per heavy atom. The molecule has 0 bridgehead atoms. The molecule has 1 aromatic rings. The Morgan fingerprint density at radius 2 is 1.86 bits per heavy atom. The van der Waals surface area contributed by atoms with Crippen LogP contribution in [0.4, 0.5) is 0 Å². The topological polar surface area (TPSA) is 29.5 Å². The van der Waals surface area contributed by atoms with Gasteiger partial charge in [0.25, 0.3) is 0 Å². The van der Waals surface area contributed by atoms with Crippen LogP contribution in [0, 0.1) is 0 Å². The van der Waals surface area contributed by atoms with Gasteiger partial charge in [0.1, 0.15) is 5.75 Å². The minimum absolute atomic E-state index is 0.0543. The zero-order valence-corrected chi connectivity index (χ0v) is 9.24. The monoisotopic (exact) mass is 194 g/mol. The van der Waals surface area contributed by atoms with Gasteiger partial charge in [-0.15, -0.1) is 0 Å². The first-order chi connectivity index (χ1) is 6.46. The first-order valence-corrected chi connectivity index (χ1v) is 4.82. The van der Waals surface area contributed by atoms with Crippen molar-refractivity contribution in [3.8, 4) is 5.75 Å². The van der Waals surface area contributed by atoms with Crippen molar-refractivity contribution < 1.29 is 9.84 Å². The molecule has 1 N–H and O–H groups in total. The number of rotatable bonds is 3. The lowest BCUT2D eigenvalue weighted by Gasteiger charge is -2.27. The molecule has 1 atom stereocenters. The van der Waals surface area contributed by atoms with Gasteiger partial charge in [0.15, 0.2) is 0 Å². The summed E-state index contributed by atoms with van der Waals surface area (Å²) < 4.78 is 5.25. The number of para-hydroxylation sites is 1. The third-order valence-corrected chi connectivity index (χ3v) is 2.67. The molecule has 0 amide bonds. The van der Waals surface area contributed by atoms with Gasteiger partial charge in [-0.3, -0.25) is 0 Å². The Hall–Kier alpha value is -1.02. The Bertz CT molecular complexity index is 299. The van der Waals surface area contributed by atoms with Gasteiger partial charge < -0.3 is 9.84 Å². The number of hydrogen-bond acceptors (Lipinski definition) is 2. The minimum atomic E-state index is -0.728. The second kappa shape index (κ2) is 4.01. The molecule has 0 fully saturated rings. The molecule has 0 spiro atoms. The Balaban J connectivity index is 3.06. The van der Waals surface area contributed by atoms with Gasteiger partial charge in [-0.2, -0.15) is 0 Å². The average Bonchev–Trinajstić information content (AvgIpc) is 2.15. The summed E-state index contributed by atoms with van der Waals surface area (Å²) in [4.78, 5) is 0. The van der Waals surface area contributed by atoms with Crippen LogP contribution in [0.15, 0.2) is 24.3 Å². The van der Waals surface area contributed by atoms with Crippen LogP contribution in [0.2, 0.25) is 0 Å². The fraction of sp³-hybridized carbons (Fsp3) is 0.500. The second-order valence-corrected chi connectivity index (χ2v) is 4.12. The second-order valence-electron chi connectivity index (χ2n) is 4.12. The predicted molar refractivity (Wildman–Crippen MR) is 57.7 cm³/mol. The summed E-state index contributed by atoms with van der Waals surface area (Å²) in [6.07, 6.45) is 0. The van der Waals surface area contributed by atoms with Crippen molar-refractivity contribution in [2.24, 2.45) is 0 Å². The normalized spacial score (nSPS) is 13.8. The molecule has 1 aromatic carbocycles. The first-order valence-electron chi connectivity index (χ1n) is 4.82. The summed E-state index contributed by atoms with van der Waals surface area (Å²) in [7, 11) is 1.65. The van der Waals surface area contributed by atoms with Gasteiger partial charge >= 0.3 is 0 Å². The van der Waals surface area contributed by atoms with E-state index in [0.29, 0.717) is 0 Å². The molecule has 1 rings (SSSR count). The summed E-state index contributed by atoms with van der Waals surface area (Å²) in [6.45, 7) is 5.62. The zero-order chi connectivity index (χ0) is 10.8. The Morgan fingerprint density at radius 3 is 2.36 bits per heavy atom. The van der Waals surface area contributed by atoms with E-state index in [4.69, 9.17) is 4.74 Å². The third-order valence-electron chi connectivity index (χ3n) is 2.67. The summed E-state index contributed by atoms with van der Waals surface area (Å²) in [5, 5.41) is 9.90. The molecule has 0 saturated heterocycles. The molecule has 0 heterocycles. The smallest absolute Gasteiger partial charge is 0.122 e. The van der Waals surface area contributed by atoms with E-state index >= 15 is 0 Å². The highest BCUT2D eigenvalue weighted by molar-refractivity contribution is 5.37. The van der Waals surface area contributed by atoms with Crippen LogP contribution in [0.25, 0.3) is 0 Å². The first kappa shape index (κ1) is 11.1. The minimum Gasteiger partial charge on any atom is -0.496 e. The van der Waals surface area contributed by atoms with E-state index in [9.17, 15) is 5.11 Å². The Labute approximate surface area is 85.5 Å². The maximum Gasteiger partial charge on any atom is 0.122 e. The van der Waals surface area contributed by atoms with E-state index in [0.717, 1.165) is 11.3 Å². The SMILES string of the molecule is COc1ccccc1C(C)C(C)(C)O. The lowest BCUT2D eigenvalue weighted by molar-refractivity contribution is 0.0550. The fourth-order valence-corrected chi connectivity index (χ4v) is 1.40. The highest BCUT2D eigenvalue weighted by Gasteiger charge is 2.25. The molecular formula is C12H18O2. The van der Waals surface area contributed by atoms with Crippen LogP contribution in [-0.2, 0) is 0 Å². The molecule has 0 aromatic heterocycles. The lowest BCUT2D eigenvalue weighted by atomic mass is 9.86. The number of benzene rings is 1. The van der Waals surface area contributed by atoms with Crippen molar-refractivity contribution in [3.63, 3.8) is 0 Å². The van der Waals surface area contributed by atoms with E-state index in [1.165, 1.54) is 0 Å². The molecule has 2 nitrogen and oxygen atoms in total. The molecule has 0 saturated carbocycles. The van der Waals surface area contributed by atoms with Gasteiger partial charge in [0.05, 0.1) is 12.7 Å². The van der Waals surface area contributed by atoms with Crippen LogP contribution in [0.5, 0.6) is 5.75 Å². The maximum absolute atomic E-state index is 9.90. The van der Waals surface area contributed by atoms with Crippen LogP contribution in [0.1, 0.15) is 32.3 Å². The molecule has 78 valence electrons. The number of hydrogen-bond donors (Lipinski definition) is 1. The van der Waals surface area contributed by atoms with Gasteiger partial charge in [0.2, 0.25) is 0 Å². The summed E-state index contributed by atoms with van der Waals surface area (Å²) in [6, 6.07) is 7.79. The molecule has 1 unspecified atom stereocenters. The van der Waals surface area contributed by atoms with Crippen molar-refractivity contribution in [1.82, 2.24) is 0 Å². The standard InChI is InChI=1S/C12H18O2/c1-9(12(2,3)13)10-7-5-6-8-11(10)14-4/h5-9,13H,1-4H3. The van der Waals surface area contributed by atoms with Crippen molar-refractivity contribution in [2.75, 3.05) is 7.11 Å². The van der Waals surface area contributed by atoms with Crippen molar-refractivity contribution >= 4 is 0 Å². The molecular weight excluding hydrogens is 176 g/mol. The van der Waals surface area contributed by atoms with Crippen LogP contribution >= 0.6 is 0 Å². The van der Waals surface area contributed by atoms with Crippen LogP contribution < -0.4 is 4.74 Å². The third kappa shape index (κ3) is 2.26. The summed E-state index contributed by atoms with van der Waals surface area (Å²) in [5.41, 5.74) is 0.316. The van der Waals surface area contributed by atoms with Gasteiger partial charge in [0, 0.05) is 5.92 Å². The molecule has 0 aliphatic carbocycles. The predicted octanol–water partition coefficient (Wildman–Crippen LogP) is 2.57. The van der Waals surface area contributed by atoms with E-state index in [2.05, 4.69) is 0 Å². The highest BCUT2D eigenvalue weighted by atomic mass is 16.5. The van der Waals surface area contributed by atoms with Crippen LogP contribution in [0.3, 0.4) is 0 Å². The van der Waals surface area contributed by atoms with E-state index < -0.39 is 5.60 Å². The quantitative estimate of drug-likeness (QED) is 0.801. The number of methoxy groups -OCH3 is 1. The van der Waals surface area contributed by atoms with Crippen molar-refractivity contribution in [2.45, 2.75) is 32.3 Å². The number of ether oxygens (including phenoxy) is 1. The van der Waals surface area contributed by atoms with Gasteiger partial charge in [-0.05, 0) is 25.5 Å². The largest absolute Gasteiger partial charge is 0.496 e. The fourth-order valence-electron chi connectivity index (χ4n) is 1.40. The van der Waals surface area contributed by atoms with Crippen molar-refractivity contribution in [1.29, 1.82) is 0 Å². The zero-order valence-electron chi connectivity index (χ0n) is 9.24. The Kier molecular flexibility index (Phi) is 3.17. The number of aliphatic hydroxyl groups is 1. The van der Waals surface area contributed by atoms with Crippen LogP contribution in [-0.4, -0.2) is 17.8 Å². The van der Waals surface area contributed by atoms with Crippen molar-refractivity contribution in [3.05, 3.63) is 29.8 Å². The summed E-state index contributed by atoms with van der Waals surface area (Å²) >= 11 is 0. The van der Waals surface area contributed by atoms with E-state index in [-0.39, 0.29) is 5.92 Å². The van der Waals surface area contributed by atoms with Gasteiger partial charge in [-0.1, -0.05) is 25.1 Å². The molecule has 14 heavy (non-hydrogen) atoms.